The van der Waals surface area contributed by atoms with Crippen LogP contribution >= 0.6 is 0 Å². The Morgan fingerprint density at radius 2 is 1.84 bits per heavy atom. The molecule has 1 heterocycles. The van der Waals surface area contributed by atoms with Gasteiger partial charge in [0.25, 0.3) is 0 Å². The molecule has 3 aromatic rings. The van der Waals surface area contributed by atoms with Crippen molar-refractivity contribution in [2.24, 2.45) is 0 Å². The average molecular weight is 435 g/mol. The van der Waals surface area contributed by atoms with Gasteiger partial charge in [-0.2, -0.15) is 4.68 Å². The molecule has 2 amide bonds. The molecule has 1 aliphatic carbocycles. The maximum absolute atomic E-state index is 12.9. The number of carbonyl (C=O) groups excluding carboxylic acids is 2. The largest absolute Gasteiger partial charge is 0.462 e. The van der Waals surface area contributed by atoms with Crippen molar-refractivity contribution in [3.8, 4) is 5.69 Å². The molecule has 32 heavy (non-hydrogen) atoms. The summed E-state index contributed by atoms with van der Waals surface area (Å²) >= 11 is 0. The number of esters is 1. The van der Waals surface area contributed by atoms with Crippen LogP contribution in [0.5, 0.6) is 0 Å². The van der Waals surface area contributed by atoms with Crippen molar-refractivity contribution in [2.75, 3.05) is 11.9 Å². The van der Waals surface area contributed by atoms with E-state index in [-0.39, 0.29) is 6.03 Å². The zero-order valence-corrected chi connectivity index (χ0v) is 18.0. The lowest BCUT2D eigenvalue weighted by atomic mass is 9.81. The van der Waals surface area contributed by atoms with E-state index in [1.807, 2.05) is 36.4 Å². The Hall–Kier alpha value is -3.75. The minimum atomic E-state index is -0.722. The fraction of sp³-hybridized carbons (Fsp3) is 0.348. The van der Waals surface area contributed by atoms with E-state index < -0.39 is 11.5 Å². The van der Waals surface area contributed by atoms with Crippen LogP contribution in [0.2, 0.25) is 0 Å². The number of nitrogens with one attached hydrogen (secondary N) is 2. The number of benzene rings is 2. The molecule has 1 saturated carbocycles. The third kappa shape index (κ3) is 4.61. The number of nitrogens with zero attached hydrogens (tertiary/aromatic N) is 4. The van der Waals surface area contributed by atoms with Crippen LogP contribution in [0.25, 0.3) is 5.69 Å². The van der Waals surface area contributed by atoms with Crippen LogP contribution in [0.1, 0.15) is 55.2 Å². The van der Waals surface area contributed by atoms with E-state index in [1.165, 1.54) is 0 Å². The van der Waals surface area contributed by atoms with Crippen molar-refractivity contribution in [2.45, 2.75) is 44.6 Å². The monoisotopic (exact) mass is 434 g/mol. The number of urea groups is 1. The standard InChI is InChI=1S/C23H26N6O3/c1-2-32-20(30)17-10-9-13-19(16-17)29-21(26-27-28-29)23(14-7-4-8-15-23)25-22(31)24-18-11-5-3-6-12-18/h3,5-6,9-13,16H,2,4,7-8,14-15H2,1H3,(H2,24,25,31). The number of para-hydroxylation sites is 1. The molecule has 9 heteroatoms. The Labute approximate surface area is 186 Å². The number of hydrogen-bond donors (Lipinski definition) is 2. The highest BCUT2D eigenvalue weighted by atomic mass is 16.5. The van der Waals surface area contributed by atoms with E-state index in [9.17, 15) is 9.59 Å². The van der Waals surface area contributed by atoms with Crippen molar-refractivity contribution in [1.82, 2.24) is 25.5 Å². The molecule has 2 N–H and O–H groups in total. The number of ether oxygens (including phenoxy) is 1. The van der Waals surface area contributed by atoms with E-state index >= 15 is 0 Å². The van der Waals surface area contributed by atoms with Gasteiger partial charge in [-0.15, -0.1) is 5.10 Å². The molecule has 4 rings (SSSR count). The quantitative estimate of drug-likeness (QED) is 0.571. The summed E-state index contributed by atoms with van der Waals surface area (Å²) < 4.78 is 6.70. The maximum Gasteiger partial charge on any atom is 0.338 e. The third-order valence-corrected chi connectivity index (χ3v) is 5.59. The van der Waals surface area contributed by atoms with Gasteiger partial charge < -0.3 is 15.4 Å². The van der Waals surface area contributed by atoms with Crippen LogP contribution in [-0.4, -0.2) is 38.8 Å². The van der Waals surface area contributed by atoms with Crippen molar-refractivity contribution in [3.05, 3.63) is 66.0 Å². The Bertz CT molecular complexity index is 1080. The molecule has 0 aliphatic heterocycles. The Morgan fingerprint density at radius 1 is 1.06 bits per heavy atom. The summed E-state index contributed by atoms with van der Waals surface area (Å²) in [6.07, 6.45) is 4.41. The Balaban J connectivity index is 1.65. The molecular formula is C23H26N6O3. The molecule has 1 fully saturated rings. The number of anilines is 1. The predicted octanol–water partition coefficient (Wildman–Crippen LogP) is 3.82. The van der Waals surface area contributed by atoms with Gasteiger partial charge in [0.15, 0.2) is 5.82 Å². The van der Waals surface area contributed by atoms with E-state index in [1.54, 1.807) is 29.8 Å². The minimum absolute atomic E-state index is 0.294. The number of amides is 2. The van der Waals surface area contributed by atoms with Gasteiger partial charge in [0.1, 0.15) is 5.54 Å². The van der Waals surface area contributed by atoms with Gasteiger partial charge in [0.05, 0.1) is 17.9 Å². The first-order valence-electron chi connectivity index (χ1n) is 10.8. The Morgan fingerprint density at radius 3 is 2.59 bits per heavy atom. The predicted molar refractivity (Wildman–Crippen MR) is 118 cm³/mol. The summed E-state index contributed by atoms with van der Waals surface area (Å²) in [6.45, 7) is 2.06. The third-order valence-electron chi connectivity index (χ3n) is 5.59. The van der Waals surface area contributed by atoms with Gasteiger partial charge in [-0.1, -0.05) is 43.5 Å². The van der Waals surface area contributed by atoms with E-state index in [0.29, 0.717) is 42.2 Å². The SMILES string of the molecule is CCOC(=O)c1cccc(-n2nnnc2C2(NC(=O)Nc3ccccc3)CCCCC2)c1. The smallest absolute Gasteiger partial charge is 0.338 e. The molecule has 9 nitrogen and oxygen atoms in total. The topological polar surface area (TPSA) is 111 Å². The molecule has 2 aromatic carbocycles. The Kier molecular flexibility index (Phi) is 6.44. The van der Waals surface area contributed by atoms with Crippen molar-refractivity contribution in [1.29, 1.82) is 0 Å². The van der Waals surface area contributed by atoms with Crippen LogP contribution in [0.3, 0.4) is 0 Å². The molecule has 0 atom stereocenters. The summed E-state index contributed by atoms with van der Waals surface area (Å²) in [5.74, 6) is 0.137. The average Bonchev–Trinajstić information content (AvgIpc) is 3.31. The highest BCUT2D eigenvalue weighted by Gasteiger charge is 2.40. The van der Waals surface area contributed by atoms with Crippen LogP contribution in [-0.2, 0) is 10.3 Å². The van der Waals surface area contributed by atoms with E-state index in [4.69, 9.17) is 4.74 Å². The van der Waals surface area contributed by atoms with Crippen molar-refractivity contribution in [3.63, 3.8) is 0 Å². The summed E-state index contributed by atoms with van der Waals surface area (Å²) in [5.41, 5.74) is 1.03. The van der Waals surface area contributed by atoms with Gasteiger partial charge in [0, 0.05) is 5.69 Å². The van der Waals surface area contributed by atoms with Gasteiger partial charge in [-0.25, -0.2) is 9.59 Å². The van der Waals surface area contributed by atoms with Crippen LogP contribution in [0, 0.1) is 0 Å². The molecule has 0 saturated heterocycles. The van der Waals surface area contributed by atoms with E-state index in [0.717, 1.165) is 19.3 Å². The molecule has 166 valence electrons. The number of rotatable bonds is 6. The van der Waals surface area contributed by atoms with Gasteiger partial charge in [0.2, 0.25) is 0 Å². The van der Waals surface area contributed by atoms with Crippen LogP contribution < -0.4 is 10.6 Å². The van der Waals surface area contributed by atoms with Gasteiger partial charge in [-0.3, -0.25) is 0 Å². The highest BCUT2D eigenvalue weighted by molar-refractivity contribution is 5.90. The second-order valence-electron chi connectivity index (χ2n) is 7.77. The van der Waals surface area contributed by atoms with Gasteiger partial charge >= 0.3 is 12.0 Å². The zero-order chi connectivity index (χ0) is 22.4. The molecule has 0 spiro atoms. The number of aromatic nitrogens is 4. The summed E-state index contributed by atoms with van der Waals surface area (Å²) in [4.78, 5) is 25.1. The number of hydrogen-bond acceptors (Lipinski definition) is 6. The zero-order valence-electron chi connectivity index (χ0n) is 18.0. The van der Waals surface area contributed by atoms with Crippen molar-refractivity contribution < 1.29 is 14.3 Å². The normalized spacial score (nSPS) is 15.0. The summed E-state index contributed by atoms with van der Waals surface area (Å²) in [7, 11) is 0. The molecule has 1 aliphatic rings. The minimum Gasteiger partial charge on any atom is -0.462 e. The van der Waals surface area contributed by atoms with Crippen LogP contribution in [0.15, 0.2) is 54.6 Å². The molecule has 1 aromatic heterocycles. The lowest BCUT2D eigenvalue weighted by Crippen LogP contribution is -2.50. The number of carbonyl (C=O) groups is 2. The second kappa shape index (κ2) is 9.59. The molecule has 0 radical (unpaired) electrons. The number of tetrazole rings is 1. The first-order valence-corrected chi connectivity index (χ1v) is 10.8. The molecule has 0 unspecified atom stereocenters. The van der Waals surface area contributed by atoms with Gasteiger partial charge in [-0.05, 0) is 60.5 Å². The lowest BCUT2D eigenvalue weighted by Gasteiger charge is -2.36. The first kappa shape index (κ1) is 21.5. The second-order valence-corrected chi connectivity index (χ2v) is 7.77. The lowest BCUT2D eigenvalue weighted by molar-refractivity contribution is 0.0526. The molecule has 0 bridgehead atoms. The molecular weight excluding hydrogens is 408 g/mol. The summed E-state index contributed by atoms with van der Waals surface area (Å²) in [6, 6.07) is 15.9. The van der Waals surface area contributed by atoms with Crippen molar-refractivity contribution >= 4 is 17.7 Å². The van der Waals surface area contributed by atoms with E-state index in [2.05, 4.69) is 26.2 Å². The summed E-state index contributed by atoms with van der Waals surface area (Å²) in [5, 5.41) is 18.4. The van der Waals surface area contributed by atoms with Crippen LogP contribution in [0.4, 0.5) is 10.5 Å². The fourth-order valence-corrected chi connectivity index (χ4v) is 4.10. The highest BCUT2D eigenvalue weighted by Crippen LogP contribution is 2.36. The fourth-order valence-electron chi connectivity index (χ4n) is 4.10. The first-order chi connectivity index (χ1) is 15.6. The maximum atomic E-state index is 12.9.